The van der Waals surface area contributed by atoms with Crippen LogP contribution in [-0.2, 0) is 6.42 Å². The van der Waals surface area contributed by atoms with Crippen LogP contribution < -0.4 is 5.73 Å². The average Bonchev–Trinajstić information content (AvgIpc) is 2.98. The fraction of sp³-hybridized carbons (Fsp3) is 0.286. The zero-order chi connectivity index (χ0) is 13.5. The van der Waals surface area contributed by atoms with E-state index in [2.05, 4.69) is 5.16 Å². The largest absolute Gasteiger partial charge is 0.364 e. The first-order valence-electron chi connectivity index (χ1n) is 6.25. The Hall–Kier alpha value is -2.14. The van der Waals surface area contributed by atoms with Gasteiger partial charge in [-0.15, -0.1) is 0 Å². The number of carbonyl (C=O) groups is 1. The highest BCUT2D eigenvalue weighted by atomic mass is 16.5. The number of benzene rings is 1. The number of hydrogen-bond acceptors (Lipinski definition) is 4. The number of carbonyl (C=O) groups excluding carboxylic acids is 1. The van der Waals surface area contributed by atoms with Gasteiger partial charge in [0.05, 0.1) is 0 Å². The molecule has 0 aliphatic rings. The molecule has 2 rings (SSSR count). The van der Waals surface area contributed by atoms with Gasteiger partial charge in [-0.05, 0) is 12.0 Å². The third-order valence-electron chi connectivity index (χ3n) is 2.86. The van der Waals surface area contributed by atoms with Crippen molar-refractivity contribution in [3.8, 4) is 0 Å². The summed E-state index contributed by atoms with van der Waals surface area (Å²) in [5.41, 5.74) is 7.06. The van der Waals surface area contributed by atoms with E-state index in [1.165, 1.54) is 11.8 Å². The first-order valence-corrected chi connectivity index (χ1v) is 6.25. The Labute approximate surface area is 112 Å². The maximum Gasteiger partial charge on any atom is 0.276 e. The van der Waals surface area contributed by atoms with Crippen LogP contribution in [0.15, 0.2) is 47.2 Å². The standard InChI is InChI=1S/C14H17N3O2/c15-8-10-17(14(18)13-7-11-19-16-13)9-6-12-4-2-1-3-5-12/h1-5,7,11H,6,8-10,15H2. The van der Waals surface area contributed by atoms with Crippen molar-refractivity contribution in [3.63, 3.8) is 0 Å². The van der Waals surface area contributed by atoms with E-state index in [9.17, 15) is 4.79 Å². The minimum atomic E-state index is -0.143. The number of aromatic nitrogens is 1. The van der Waals surface area contributed by atoms with E-state index in [0.29, 0.717) is 25.3 Å². The molecule has 0 fully saturated rings. The third-order valence-corrected chi connectivity index (χ3v) is 2.86. The zero-order valence-corrected chi connectivity index (χ0v) is 10.7. The first-order chi connectivity index (χ1) is 9.31. The van der Waals surface area contributed by atoms with Crippen molar-refractivity contribution in [2.45, 2.75) is 6.42 Å². The lowest BCUT2D eigenvalue weighted by molar-refractivity contribution is 0.0751. The minimum Gasteiger partial charge on any atom is -0.364 e. The molecule has 2 N–H and O–H groups in total. The maximum absolute atomic E-state index is 12.2. The summed E-state index contributed by atoms with van der Waals surface area (Å²) in [6.45, 7) is 1.56. The van der Waals surface area contributed by atoms with Crippen molar-refractivity contribution >= 4 is 5.91 Å². The van der Waals surface area contributed by atoms with E-state index in [0.717, 1.165) is 6.42 Å². The van der Waals surface area contributed by atoms with Crippen molar-refractivity contribution in [1.82, 2.24) is 10.1 Å². The molecule has 0 aliphatic carbocycles. The summed E-state index contributed by atoms with van der Waals surface area (Å²) in [6, 6.07) is 11.6. The molecule has 0 radical (unpaired) electrons. The molecule has 1 aromatic carbocycles. The van der Waals surface area contributed by atoms with E-state index >= 15 is 0 Å². The van der Waals surface area contributed by atoms with Crippen molar-refractivity contribution in [2.24, 2.45) is 5.73 Å². The number of amides is 1. The van der Waals surface area contributed by atoms with E-state index in [4.69, 9.17) is 10.3 Å². The van der Waals surface area contributed by atoms with Gasteiger partial charge in [0.25, 0.3) is 5.91 Å². The SMILES string of the molecule is NCCN(CCc1ccccc1)C(=O)c1ccon1. The van der Waals surface area contributed by atoms with E-state index in [-0.39, 0.29) is 5.91 Å². The Morgan fingerprint density at radius 3 is 2.63 bits per heavy atom. The highest BCUT2D eigenvalue weighted by molar-refractivity contribution is 5.92. The Balaban J connectivity index is 1.98. The molecule has 2 aromatic rings. The fourth-order valence-electron chi connectivity index (χ4n) is 1.86. The fourth-order valence-corrected chi connectivity index (χ4v) is 1.86. The van der Waals surface area contributed by atoms with Crippen LogP contribution in [0.3, 0.4) is 0 Å². The van der Waals surface area contributed by atoms with Crippen molar-refractivity contribution in [1.29, 1.82) is 0 Å². The Bertz CT molecular complexity index is 497. The second-order valence-electron chi connectivity index (χ2n) is 4.20. The molecular formula is C14H17N3O2. The molecule has 0 bridgehead atoms. The van der Waals surface area contributed by atoms with Gasteiger partial charge in [-0.25, -0.2) is 0 Å². The highest BCUT2D eigenvalue weighted by Crippen LogP contribution is 2.05. The van der Waals surface area contributed by atoms with Gasteiger partial charge in [-0.3, -0.25) is 4.79 Å². The molecule has 1 aromatic heterocycles. The lowest BCUT2D eigenvalue weighted by Gasteiger charge is -2.20. The normalized spacial score (nSPS) is 10.4. The van der Waals surface area contributed by atoms with Crippen LogP contribution in [0.1, 0.15) is 16.1 Å². The molecule has 0 saturated heterocycles. The van der Waals surface area contributed by atoms with Crippen LogP contribution in [0.5, 0.6) is 0 Å². The molecule has 1 amide bonds. The lowest BCUT2D eigenvalue weighted by atomic mass is 10.1. The molecule has 0 saturated carbocycles. The van der Waals surface area contributed by atoms with Gasteiger partial charge in [-0.2, -0.15) is 0 Å². The van der Waals surface area contributed by atoms with Crippen LogP contribution >= 0.6 is 0 Å². The van der Waals surface area contributed by atoms with Crippen molar-refractivity contribution in [2.75, 3.05) is 19.6 Å². The molecule has 5 nitrogen and oxygen atoms in total. The Kier molecular flexibility index (Phi) is 4.69. The summed E-state index contributed by atoms with van der Waals surface area (Å²) in [5, 5.41) is 3.67. The van der Waals surface area contributed by atoms with Gasteiger partial charge in [0.1, 0.15) is 6.26 Å². The quantitative estimate of drug-likeness (QED) is 0.849. The van der Waals surface area contributed by atoms with Gasteiger partial charge in [0.15, 0.2) is 5.69 Å². The smallest absolute Gasteiger partial charge is 0.276 e. The first kappa shape index (κ1) is 13.3. The summed E-state index contributed by atoms with van der Waals surface area (Å²) in [4.78, 5) is 13.9. The van der Waals surface area contributed by atoms with Crippen LogP contribution in [0, 0.1) is 0 Å². The minimum absolute atomic E-state index is 0.143. The Morgan fingerprint density at radius 1 is 1.21 bits per heavy atom. The Morgan fingerprint density at radius 2 is 2.00 bits per heavy atom. The molecule has 0 aliphatic heterocycles. The molecular weight excluding hydrogens is 242 g/mol. The number of hydrogen-bond donors (Lipinski definition) is 1. The van der Waals surface area contributed by atoms with Gasteiger partial charge in [-0.1, -0.05) is 35.5 Å². The molecule has 5 heteroatoms. The second kappa shape index (κ2) is 6.70. The number of nitrogens with zero attached hydrogens (tertiary/aromatic N) is 2. The summed E-state index contributed by atoms with van der Waals surface area (Å²) in [7, 11) is 0. The zero-order valence-electron chi connectivity index (χ0n) is 10.7. The van der Waals surface area contributed by atoms with Gasteiger partial charge in [0.2, 0.25) is 0 Å². The monoisotopic (exact) mass is 259 g/mol. The van der Waals surface area contributed by atoms with Crippen LogP contribution in [-0.4, -0.2) is 35.6 Å². The predicted molar refractivity (Wildman–Crippen MR) is 71.6 cm³/mol. The number of nitrogens with two attached hydrogens (primary N) is 1. The van der Waals surface area contributed by atoms with E-state index in [1.807, 2.05) is 30.3 Å². The predicted octanol–water partition coefficient (Wildman–Crippen LogP) is 1.32. The van der Waals surface area contributed by atoms with Crippen molar-refractivity contribution in [3.05, 3.63) is 53.9 Å². The summed E-state index contributed by atoms with van der Waals surface area (Å²) >= 11 is 0. The van der Waals surface area contributed by atoms with Crippen LogP contribution in [0.2, 0.25) is 0 Å². The molecule has 0 spiro atoms. The molecule has 0 atom stereocenters. The van der Waals surface area contributed by atoms with E-state index < -0.39 is 0 Å². The highest BCUT2D eigenvalue weighted by Gasteiger charge is 2.17. The summed E-state index contributed by atoms with van der Waals surface area (Å²) in [5.74, 6) is -0.143. The summed E-state index contributed by atoms with van der Waals surface area (Å²) < 4.78 is 4.70. The average molecular weight is 259 g/mol. The molecule has 100 valence electrons. The maximum atomic E-state index is 12.2. The molecule has 0 unspecified atom stereocenters. The lowest BCUT2D eigenvalue weighted by Crippen LogP contribution is -2.37. The third kappa shape index (κ3) is 3.66. The molecule has 19 heavy (non-hydrogen) atoms. The number of rotatable bonds is 6. The van der Waals surface area contributed by atoms with Gasteiger partial charge < -0.3 is 15.2 Å². The summed E-state index contributed by atoms with van der Waals surface area (Å²) in [6.07, 6.45) is 2.19. The second-order valence-corrected chi connectivity index (χ2v) is 4.20. The van der Waals surface area contributed by atoms with Gasteiger partial charge >= 0.3 is 0 Å². The topological polar surface area (TPSA) is 72.4 Å². The molecule has 1 heterocycles. The van der Waals surface area contributed by atoms with Crippen LogP contribution in [0.25, 0.3) is 0 Å². The van der Waals surface area contributed by atoms with E-state index in [1.54, 1.807) is 11.0 Å². The van der Waals surface area contributed by atoms with Crippen molar-refractivity contribution < 1.29 is 9.32 Å². The van der Waals surface area contributed by atoms with Crippen LogP contribution in [0.4, 0.5) is 0 Å². The van der Waals surface area contributed by atoms with Gasteiger partial charge in [0, 0.05) is 25.7 Å².